The number of aromatic nitrogens is 6. The highest BCUT2D eigenvalue weighted by Gasteiger charge is 2.49. The van der Waals surface area contributed by atoms with Crippen LogP contribution in [-0.4, -0.2) is 35.5 Å². The van der Waals surface area contributed by atoms with Crippen molar-refractivity contribution in [1.29, 1.82) is 0 Å². The molecule has 1 amide bonds. The van der Waals surface area contributed by atoms with E-state index in [1.807, 2.05) is 59.4 Å². The Balaban J connectivity index is 1.08. The van der Waals surface area contributed by atoms with Gasteiger partial charge in [0.25, 0.3) is 11.7 Å². The molecule has 0 spiro atoms. The summed E-state index contributed by atoms with van der Waals surface area (Å²) in [5.41, 5.74) is 5.93. The summed E-state index contributed by atoms with van der Waals surface area (Å²) in [6.45, 7) is 0. The standard InChI is InChI=1S/C32H24IN7O/c33-24-4-2-16-35-28(24)32(13-14-32)38-29(41)21-7-5-20(6-8-21)26-18-36-30-37-19-27(40(30)39-26)31(11-12-31)23-9-10-25-22(17-23)3-1-15-34-25/h1-10,15-19H,11-14H2,(H,38,41). The fourth-order valence-corrected chi connectivity index (χ4v) is 6.65. The van der Waals surface area contributed by atoms with Crippen LogP contribution in [0.2, 0.25) is 0 Å². The molecule has 2 aromatic carbocycles. The summed E-state index contributed by atoms with van der Waals surface area (Å²) < 4.78 is 2.94. The average molecular weight is 649 g/mol. The second-order valence-corrected chi connectivity index (χ2v) is 12.1. The highest BCUT2D eigenvalue weighted by molar-refractivity contribution is 14.1. The molecule has 4 heterocycles. The van der Waals surface area contributed by atoms with Crippen LogP contribution in [0.25, 0.3) is 27.9 Å². The number of hydrogen-bond acceptors (Lipinski definition) is 6. The minimum absolute atomic E-state index is 0.102. The first-order chi connectivity index (χ1) is 20.0. The number of nitrogens with one attached hydrogen (secondary N) is 1. The summed E-state index contributed by atoms with van der Waals surface area (Å²) in [6, 6.07) is 22.0. The van der Waals surface area contributed by atoms with Crippen molar-refractivity contribution in [3.05, 3.63) is 118 Å². The van der Waals surface area contributed by atoms with E-state index in [1.165, 1.54) is 5.56 Å². The van der Waals surface area contributed by atoms with Crippen molar-refractivity contribution in [2.75, 3.05) is 0 Å². The van der Waals surface area contributed by atoms with E-state index in [0.29, 0.717) is 11.3 Å². The Labute approximate surface area is 249 Å². The van der Waals surface area contributed by atoms with Crippen molar-refractivity contribution in [2.24, 2.45) is 0 Å². The Hall–Kier alpha value is -4.25. The fourth-order valence-electron chi connectivity index (χ4n) is 5.79. The molecule has 0 unspecified atom stereocenters. The van der Waals surface area contributed by atoms with E-state index in [1.54, 1.807) is 12.4 Å². The van der Waals surface area contributed by atoms with Crippen LogP contribution in [0.4, 0.5) is 0 Å². The number of fused-ring (bicyclic) bond motifs is 2. The second kappa shape index (κ2) is 9.13. The van der Waals surface area contributed by atoms with Crippen molar-refractivity contribution in [3.8, 4) is 11.3 Å². The van der Waals surface area contributed by atoms with Gasteiger partial charge in [0.1, 0.15) is 5.69 Å². The van der Waals surface area contributed by atoms with E-state index < -0.39 is 0 Å². The SMILES string of the molecule is O=C(NC1(c2ncccc2I)CC1)c1ccc(-c2cnc3ncc(C4(c5ccc6ncccc6c5)CC4)n3n2)cc1. The van der Waals surface area contributed by atoms with Gasteiger partial charge in [-0.3, -0.25) is 14.8 Å². The number of benzene rings is 2. The number of hydrogen-bond donors (Lipinski definition) is 1. The van der Waals surface area contributed by atoms with Crippen LogP contribution in [0.3, 0.4) is 0 Å². The molecule has 8 rings (SSSR count). The lowest BCUT2D eigenvalue weighted by Crippen LogP contribution is -2.36. The van der Waals surface area contributed by atoms with Gasteiger partial charge in [0.2, 0.25) is 0 Å². The Bertz CT molecular complexity index is 1980. The molecule has 0 atom stereocenters. The van der Waals surface area contributed by atoms with Gasteiger partial charge < -0.3 is 5.32 Å². The normalized spacial score (nSPS) is 16.5. The van der Waals surface area contributed by atoms with E-state index in [2.05, 4.69) is 72.1 Å². The van der Waals surface area contributed by atoms with Gasteiger partial charge in [0.05, 0.1) is 34.8 Å². The molecular formula is C32H24IN7O. The van der Waals surface area contributed by atoms with Crippen LogP contribution >= 0.6 is 22.6 Å². The zero-order valence-corrected chi connectivity index (χ0v) is 24.1. The Kier molecular flexibility index (Phi) is 5.47. The fraction of sp³-hybridized carbons (Fsp3) is 0.188. The van der Waals surface area contributed by atoms with Crippen molar-refractivity contribution in [1.82, 2.24) is 34.9 Å². The molecule has 2 aliphatic carbocycles. The highest BCUT2D eigenvalue weighted by Crippen LogP contribution is 2.53. The summed E-state index contributed by atoms with van der Waals surface area (Å²) in [7, 11) is 0. The van der Waals surface area contributed by atoms with Crippen molar-refractivity contribution in [3.63, 3.8) is 0 Å². The van der Waals surface area contributed by atoms with Crippen LogP contribution < -0.4 is 5.32 Å². The molecule has 41 heavy (non-hydrogen) atoms. The molecular weight excluding hydrogens is 625 g/mol. The van der Waals surface area contributed by atoms with Gasteiger partial charge in [0.15, 0.2) is 0 Å². The molecule has 9 heteroatoms. The topological polar surface area (TPSA) is 98.0 Å². The number of rotatable bonds is 6. The van der Waals surface area contributed by atoms with E-state index in [0.717, 1.165) is 62.8 Å². The monoisotopic (exact) mass is 649 g/mol. The summed E-state index contributed by atoms with van der Waals surface area (Å²) in [5, 5.41) is 9.32. The first-order valence-corrected chi connectivity index (χ1v) is 14.7. The average Bonchev–Trinajstić information content (AvgIpc) is 3.94. The molecule has 6 aromatic rings. The molecule has 2 aliphatic rings. The molecule has 0 aliphatic heterocycles. The molecule has 200 valence electrons. The quantitative estimate of drug-likeness (QED) is 0.228. The van der Waals surface area contributed by atoms with Crippen LogP contribution in [0.15, 0.2) is 91.5 Å². The number of halogens is 1. The molecule has 2 fully saturated rings. The smallest absolute Gasteiger partial charge is 0.252 e. The largest absolute Gasteiger partial charge is 0.341 e. The number of amides is 1. The predicted molar refractivity (Wildman–Crippen MR) is 163 cm³/mol. The summed E-state index contributed by atoms with van der Waals surface area (Å²) in [4.78, 5) is 31.4. The molecule has 0 bridgehead atoms. The van der Waals surface area contributed by atoms with Gasteiger partial charge in [0, 0.05) is 37.9 Å². The van der Waals surface area contributed by atoms with Gasteiger partial charge in [-0.2, -0.15) is 9.61 Å². The third-order valence-electron chi connectivity index (χ3n) is 8.38. The van der Waals surface area contributed by atoms with Gasteiger partial charge >= 0.3 is 0 Å². The van der Waals surface area contributed by atoms with Crippen LogP contribution in [-0.2, 0) is 11.0 Å². The van der Waals surface area contributed by atoms with Crippen LogP contribution in [0, 0.1) is 3.57 Å². The maximum Gasteiger partial charge on any atom is 0.252 e. The maximum absolute atomic E-state index is 13.2. The van der Waals surface area contributed by atoms with Crippen molar-refractivity contribution in [2.45, 2.75) is 36.6 Å². The summed E-state index contributed by atoms with van der Waals surface area (Å²) in [6.07, 6.45) is 11.1. The van der Waals surface area contributed by atoms with Crippen molar-refractivity contribution >= 4 is 45.2 Å². The molecule has 1 N–H and O–H groups in total. The van der Waals surface area contributed by atoms with Gasteiger partial charge in [-0.05, 0) is 96.3 Å². The van der Waals surface area contributed by atoms with Crippen molar-refractivity contribution < 1.29 is 4.79 Å². The first kappa shape index (κ1) is 24.5. The third-order valence-corrected chi connectivity index (χ3v) is 9.25. The minimum atomic E-state index is -0.373. The Morgan fingerprint density at radius 3 is 2.41 bits per heavy atom. The Morgan fingerprint density at radius 1 is 0.854 bits per heavy atom. The maximum atomic E-state index is 13.2. The first-order valence-electron chi connectivity index (χ1n) is 13.7. The molecule has 2 saturated carbocycles. The van der Waals surface area contributed by atoms with E-state index in [4.69, 9.17) is 5.10 Å². The second-order valence-electron chi connectivity index (χ2n) is 10.9. The molecule has 0 saturated heterocycles. The molecule has 8 nitrogen and oxygen atoms in total. The van der Waals surface area contributed by atoms with Gasteiger partial charge in [-0.1, -0.05) is 24.3 Å². The molecule has 0 radical (unpaired) electrons. The van der Waals surface area contributed by atoms with E-state index >= 15 is 0 Å². The van der Waals surface area contributed by atoms with E-state index in [-0.39, 0.29) is 16.9 Å². The van der Waals surface area contributed by atoms with Gasteiger partial charge in [-0.25, -0.2) is 9.97 Å². The zero-order valence-electron chi connectivity index (χ0n) is 22.0. The number of pyridine rings is 2. The lowest BCUT2D eigenvalue weighted by Gasteiger charge is -2.18. The number of carbonyl (C=O) groups excluding carboxylic acids is 1. The summed E-state index contributed by atoms with van der Waals surface area (Å²) >= 11 is 2.28. The van der Waals surface area contributed by atoms with Crippen LogP contribution in [0.5, 0.6) is 0 Å². The predicted octanol–water partition coefficient (Wildman–Crippen LogP) is 5.84. The lowest BCUT2D eigenvalue weighted by atomic mass is 9.91. The number of nitrogens with zero attached hydrogens (tertiary/aromatic N) is 6. The van der Waals surface area contributed by atoms with Gasteiger partial charge in [-0.15, -0.1) is 0 Å². The Morgan fingerprint density at radius 2 is 1.63 bits per heavy atom. The lowest BCUT2D eigenvalue weighted by molar-refractivity contribution is 0.0929. The zero-order chi connectivity index (χ0) is 27.6. The van der Waals surface area contributed by atoms with E-state index in [9.17, 15) is 4.79 Å². The third kappa shape index (κ3) is 4.09. The minimum Gasteiger partial charge on any atom is -0.341 e. The number of carbonyl (C=O) groups is 1. The number of imidazole rings is 1. The summed E-state index contributed by atoms with van der Waals surface area (Å²) in [5.74, 6) is 0.475. The molecule has 4 aromatic heterocycles. The van der Waals surface area contributed by atoms with Crippen LogP contribution in [0.1, 0.15) is 53.0 Å². The highest BCUT2D eigenvalue weighted by atomic mass is 127.